The summed E-state index contributed by atoms with van der Waals surface area (Å²) in [6, 6.07) is 0. The van der Waals surface area contributed by atoms with Crippen molar-refractivity contribution < 1.29 is 4.79 Å². The Kier molecular flexibility index (Phi) is 17.7. The summed E-state index contributed by atoms with van der Waals surface area (Å²) in [5, 5.41) is 22.2. The topological polar surface area (TPSA) is 88.6 Å². The van der Waals surface area contributed by atoms with Crippen molar-refractivity contribution in [3.8, 4) is 0 Å². The Bertz CT molecular complexity index is 482. The van der Waals surface area contributed by atoms with E-state index in [1.165, 1.54) is 70.4 Å². The van der Waals surface area contributed by atoms with Crippen LogP contribution in [0.25, 0.3) is 0 Å². The Morgan fingerprint density at radius 3 is 1.50 bits per heavy atom. The molecule has 0 aliphatic carbocycles. The van der Waals surface area contributed by atoms with Gasteiger partial charge in [0.05, 0.1) is 5.71 Å². The average molecular weight is 390 g/mol. The van der Waals surface area contributed by atoms with Crippen LogP contribution in [0.4, 0.5) is 0 Å². The van der Waals surface area contributed by atoms with Crippen LogP contribution in [-0.2, 0) is 4.79 Å². The van der Waals surface area contributed by atoms with Crippen molar-refractivity contribution in [3.63, 3.8) is 0 Å². The van der Waals surface area contributed by atoms with Gasteiger partial charge in [0.1, 0.15) is 0 Å². The molecule has 4 heteroatoms. The van der Waals surface area contributed by atoms with Gasteiger partial charge in [0, 0.05) is 12.1 Å². The number of carbonyl (C=O) groups is 1. The standard InChI is InChI=1S/C24H43N3O/c1-21(23(27)18-16-20-25)17-14-12-10-8-6-4-3-5-7-9-11-13-15-19-24(28)22(2)26/h20,25-27H,1,3-19H2,2H3. The van der Waals surface area contributed by atoms with E-state index in [2.05, 4.69) is 6.58 Å². The van der Waals surface area contributed by atoms with Gasteiger partial charge in [-0.15, -0.1) is 0 Å². The number of allylic oxidation sites excluding steroid dienone is 1. The molecule has 0 saturated heterocycles. The van der Waals surface area contributed by atoms with Crippen molar-refractivity contribution in [2.75, 3.05) is 0 Å². The lowest BCUT2D eigenvalue weighted by molar-refractivity contribution is -0.113. The Hall–Kier alpha value is -1.58. The van der Waals surface area contributed by atoms with Crippen LogP contribution in [0, 0.1) is 16.2 Å². The maximum Gasteiger partial charge on any atom is 0.176 e. The first-order chi connectivity index (χ1) is 13.5. The summed E-state index contributed by atoms with van der Waals surface area (Å²) in [4.78, 5) is 11.3. The van der Waals surface area contributed by atoms with Gasteiger partial charge in [-0.1, -0.05) is 77.2 Å². The van der Waals surface area contributed by atoms with Crippen LogP contribution >= 0.6 is 0 Å². The average Bonchev–Trinajstić information content (AvgIpc) is 2.68. The molecule has 0 heterocycles. The second-order valence-electron chi connectivity index (χ2n) is 7.97. The summed E-state index contributed by atoms with van der Waals surface area (Å²) < 4.78 is 0. The maximum absolute atomic E-state index is 11.3. The van der Waals surface area contributed by atoms with Crippen molar-refractivity contribution in [2.45, 2.75) is 116 Å². The molecule has 28 heavy (non-hydrogen) atoms. The second-order valence-corrected chi connectivity index (χ2v) is 7.97. The summed E-state index contributed by atoms with van der Waals surface area (Å²) >= 11 is 0. The van der Waals surface area contributed by atoms with Crippen LogP contribution in [0.1, 0.15) is 116 Å². The lowest BCUT2D eigenvalue weighted by Crippen LogP contribution is -2.07. The van der Waals surface area contributed by atoms with Crippen LogP contribution in [0.2, 0.25) is 0 Å². The van der Waals surface area contributed by atoms with Crippen molar-refractivity contribution in [2.24, 2.45) is 0 Å². The Morgan fingerprint density at radius 2 is 1.11 bits per heavy atom. The lowest BCUT2D eigenvalue weighted by Gasteiger charge is -2.07. The van der Waals surface area contributed by atoms with E-state index in [-0.39, 0.29) is 11.5 Å². The highest BCUT2D eigenvalue weighted by molar-refractivity contribution is 6.37. The van der Waals surface area contributed by atoms with Gasteiger partial charge < -0.3 is 16.2 Å². The third-order valence-electron chi connectivity index (χ3n) is 5.27. The number of ketones is 1. The molecule has 160 valence electrons. The molecule has 0 atom stereocenters. The first-order valence-corrected chi connectivity index (χ1v) is 11.3. The van der Waals surface area contributed by atoms with Gasteiger partial charge in [-0.2, -0.15) is 0 Å². The minimum Gasteiger partial charge on any atom is -0.313 e. The molecule has 0 spiro atoms. The third kappa shape index (κ3) is 16.6. The van der Waals surface area contributed by atoms with Crippen LogP contribution < -0.4 is 0 Å². The third-order valence-corrected chi connectivity index (χ3v) is 5.27. The highest BCUT2D eigenvalue weighted by atomic mass is 16.1. The van der Waals surface area contributed by atoms with Crippen molar-refractivity contribution in [1.29, 1.82) is 16.2 Å². The van der Waals surface area contributed by atoms with E-state index in [0.29, 0.717) is 25.0 Å². The number of carbonyl (C=O) groups excluding carboxylic acids is 1. The fraction of sp³-hybridized carbons (Fsp3) is 0.750. The number of hydrogen-bond donors (Lipinski definition) is 3. The molecule has 0 aromatic heterocycles. The molecular weight excluding hydrogens is 346 g/mol. The van der Waals surface area contributed by atoms with Gasteiger partial charge in [-0.3, -0.25) is 4.79 Å². The van der Waals surface area contributed by atoms with Gasteiger partial charge in [-0.05, 0) is 50.8 Å². The maximum atomic E-state index is 11.3. The highest BCUT2D eigenvalue weighted by Crippen LogP contribution is 2.15. The molecule has 4 nitrogen and oxygen atoms in total. The second kappa shape index (κ2) is 18.8. The molecule has 0 aromatic rings. The number of rotatable bonds is 21. The Labute approximate surface area is 173 Å². The van der Waals surface area contributed by atoms with Crippen LogP contribution in [-0.4, -0.2) is 23.4 Å². The molecule has 0 aromatic carbocycles. The number of nitrogens with one attached hydrogen (secondary N) is 3. The van der Waals surface area contributed by atoms with E-state index < -0.39 is 0 Å². The van der Waals surface area contributed by atoms with E-state index in [9.17, 15) is 4.79 Å². The monoisotopic (exact) mass is 389 g/mol. The zero-order chi connectivity index (χ0) is 21.0. The fourth-order valence-corrected chi connectivity index (χ4v) is 3.30. The Morgan fingerprint density at radius 1 is 0.714 bits per heavy atom. The molecule has 0 amide bonds. The molecular formula is C24H43N3O. The van der Waals surface area contributed by atoms with Gasteiger partial charge in [0.2, 0.25) is 0 Å². The van der Waals surface area contributed by atoms with E-state index in [0.717, 1.165) is 31.3 Å². The van der Waals surface area contributed by atoms with Gasteiger partial charge >= 0.3 is 0 Å². The van der Waals surface area contributed by atoms with E-state index in [1.807, 2.05) is 0 Å². The molecule has 3 N–H and O–H groups in total. The SMILES string of the molecule is C=C(CCCCCCCCCCCCCCCC(=O)C(C)=N)C(=N)CCC=N. The first-order valence-electron chi connectivity index (χ1n) is 11.3. The zero-order valence-electron chi connectivity index (χ0n) is 18.2. The van der Waals surface area contributed by atoms with Crippen molar-refractivity contribution >= 4 is 23.4 Å². The van der Waals surface area contributed by atoms with Crippen molar-refractivity contribution in [3.05, 3.63) is 12.2 Å². The predicted molar refractivity (Wildman–Crippen MR) is 123 cm³/mol. The molecule has 0 saturated carbocycles. The van der Waals surface area contributed by atoms with Gasteiger partial charge in [-0.25, -0.2) is 0 Å². The summed E-state index contributed by atoms with van der Waals surface area (Å²) in [6.07, 6.45) is 20.3. The van der Waals surface area contributed by atoms with Crippen LogP contribution in [0.5, 0.6) is 0 Å². The summed E-state index contributed by atoms with van der Waals surface area (Å²) in [7, 11) is 0. The minimum absolute atomic E-state index is 0.00320. The molecule has 0 bridgehead atoms. The quantitative estimate of drug-likeness (QED) is 0.138. The minimum atomic E-state index is 0.00320. The molecule has 0 aliphatic heterocycles. The molecule has 0 unspecified atom stereocenters. The lowest BCUT2D eigenvalue weighted by atomic mass is 10.00. The predicted octanol–water partition coefficient (Wildman–Crippen LogP) is 7.45. The summed E-state index contributed by atoms with van der Waals surface area (Å²) in [6.45, 7) is 5.58. The van der Waals surface area contributed by atoms with Gasteiger partial charge in [0.15, 0.2) is 5.78 Å². The largest absolute Gasteiger partial charge is 0.313 e. The summed E-state index contributed by atoms with van der Waals surface area (Å²) in [5.41, 5.74) is 1.78. The van der Waals surface area contributed by atoms with Crippen LogP contribution in [0.3, 0.4) is 0 Å². The molecule has 0 radical (unpaired) electrons. The zero-order valence-corrected chi connectivity index (χ0v) is 18.2. The fourth-order valence-electron chi connectivity index (χ4n) is 3.30. The van der Waals surface area contributed by atoms with Gasteiger partial charge in [0.25, 0.3) is 0 Å². The molecule has 0 fully saturated rings. The number of unbranched alkanes of at least 4 members (excludes halogenated alkanes) is 12. The van der Waals surface area contributed by atoms with E-state index in [4.69, 9.17) is 16.2 Å². The molecule has 0 rings (SSSR count). The normalized spacial score (nSPS) is 10.6. The summed E-state index contributed by atoms with van der Waals surface area (Å²) in [5.74, 6) is 0.00320. The smallest absolute Gasteiger partial charge is 0.176 e. The highest BCUT2D eigenvalue weighted by Gasteiger charge is 2.03. The number of Topliss-reactive ketones (excluding diaryl/α,β-unsaturated/α-hetero) is 1. The number of hydrogen-bond acceptors (Lipinski definition) is 4. The van der Waals surface area contributed by atoms with E-state index in [1.54, 1.807) is 6.92 Å². The molecule has 0 aliphatic rings. The first kappa shape index (κ1) is 26.4. The van der Waals surface area contributed by atoms with Crippen LogP contribution in [0.15, 0.2) is 12.2 Å². The Balaban J connectivity index is 3.26. The van der Waals surface area contributed by atoms with E-state index >= 15 is 0 Å². The van der Waals surface area contributed by atoms with Crippen molar-refractivity contribution in [1.82, 2.24) is 0 Å².